The van der Waals surface area contributed by atoms with Gasteiger partial charge in [-0.2, -0.15) is 0 Å². The van der Waals surface area contributed by atoms with Crippen molar-refractivity contribution in [2.75, 3.05) is 5.32 Å². The van der Waals surface area contributed by atoms with E-state index in [0.29, 0.717) is 0 Å². The normalized spacial score (nSPS) is 10.4. The smallest absolute Gasteiger partial charge is 0.255 e. The second-order valence-corrected chi connectivity index (χ2v) is 5.77. The van der Waals surface area contributed by atoms with Crippen LogP contribution >= 0.6 is 15.9 Å². The predicted octanol–water partition coefficient (Wildman–Crippen LogP) is 4.88. The molecule has 0 spiro atoms. The number of carbonyl (C=O) groups excluding carboxylic acids is 1. The SMILES string of the molecule is CCc1cc(Br)ccc1NC(=O)c1cccc(C)c1C. The van der Waals surface area contributed by atoms with Gasteiger partial charge in [-0.25, -0.2) is 0 Å². The molecule has 2 nitrogen and oxygen atoms in total. The van der Waals surface area contributed by atoms with Crippen LogP contribution in [0.5, 0.6) is 0 Å². The van der Waals surface area contributed by atoms with Crippen LogP contribution in [0, 0.1) is 13.8 Å². The summed E-state index contributed by atoms with van der Waals surface area (Å²) < 4.78 is 1.03. The number of carbonyl (C=O) groups is 1. The maximum Gasteiger partial charge on any atom is 0.255 e. The van der Waals surface area contributed by atoms with E-state index >= 15 is 0 Å². The molecule has 0 aliphatic carbocycles. The van der Waals surface area contributed by atoms with Crippen molar-refractivity contribution in [3.05, 3.63) is 63.1 Å². The van der Waals surface area contributed by atoms with Crippen LogP contribution in [0.4, 0.5) is 5.69 Å². The predicted molar refractivity (Wildman–Crippen MR) is 87.4 cm³/mol. The Bertz CT molecular complexity index is 649. The van der Waals surface area contributed by atoms with Gasteiger partial charge in [0.05, 0.1) is 0 Å². The van der Waals surface area contributed by atoms with E-state index in [1.165, 1.54) is 0 Å². The van der Waals surface area contributed by atoms with Crippen molar-refractivity contribution in [1.82, 2.24) is 0 Å². The van der Waals surface area contributed by atoms with Crippen LogP contribution in [0.25, 0.3) is 0 Å². The zero-order valence-corrected chi connectivity index (χ0v) is 13.5. The first-order chi connectivity index (χ1) is 9.52. The number of hydrogen-bond donors (Lipinski definition) is 1. The van der Waals surface area contributed by atoms with Crippen LogP contribution in [0.1, 0.15) is 34.0 Å². The lowest BCUT2D eigenvalue weighted by atomic mass is 10.0. The molecule has 0 bridgehead atoms. The molecule has 0 radical (unpaired) electrons. The average Bonchev–Trinajstić information content (AvgIpc) is 2.43. The number of hydrogen-bond acceptors (Lipinski definition) is 1. The Morgan fingerprint density at radius 1 is 1.20 bits per heavy atom. The van der Waals surface area contributed by atoms with Crippen LogP contribution < -0.4 is 5.32 Å². The van der Waals surface area contributed by atoms with Gasteiger partial charge in [-0.15, -0.1) is 0 Å². The Hall–Kier alpha value is -1.61. The zero-order valence-electron chi connectivity index (χ0n) is 12.0. The Kier molecular flexibility index (Phi) is 4.61. The molecule has 0 fully saturated rings. The first-order valence-corrected chi connectivity index (χ1v) is 7.48. The molecule has 0 saturated heterocycles. The van der Waals surface area contributed by atoms with E-state index in [2.05, 4.69) is 28.2 Å². The lowest BCUT2D eigenvalue weighted by Gasteiger charge is -2.12. The minimum absolute atomic E-state index is 0.0526. The highest BCUT2D eigenvalue weighted by Crippen LogP contribution is 2.23. The fraction of sp³-hybridized carbons (Fsp3) is 0.235. The Labute approximate surface area is 128 Å². The summed E-state index contributed by atoms with van der Waals surface area (Å²) in [5.41, 5.74) is 4.89. The topological polar surface area (TPSA) is 29.1 Å². The first-order valence-electron chi connectivity index (χ1n) is 6.69. The zero-order chi connectivity index (χ0) is 14.7. The van der Waals surface area contributed by atoms with Gasteiger partial charge < -0.3 is 5.32 Å². The third-order valence-electron chi connectivity index (χ3n) is 3.55. The number of amides is 1. The number of halogens is 1. The fourth-order valence-electron chi connectivity index (χ4n) is 2.16. The quantitative estimate of drug-likeness (QED) is 0.853. The number of anilines is 1. The summed E-state index contributed by atoms with van der Waals surface area (Å²) >= 11 is 3.46. The van der Waals surface area contributed by atoms with E-state index in [1.807, 2.05) is 50.2 Å². The van der Waals surface area contributed by atoms with Gasteiger partial charge in [0, 0.05) is 15.7 Å². The van der Waals surface area contributed by atoms with E-state index in [9.17, 15) is 4.79 Å². The van der Waals surface area contributed by atoms with E-state index in [4.69, 9.17) is 0 Å². The van der Waals surface area contributed by atoms with E-state index in [-0.39, 0.29) is 5.91 Å². The second-order valence-electron chi connectivity index (χ2n) is 4.86. The van der Waals surface area contributed by atoms with Crippen molar-refractivity contribution in [3.8, 4) is 0 Å². The third-order valence-corrected chi connectivity index (χ3v) is 4.04. The molecule has 0 saturated carbocycles. The lowest BCUT2D eigenvalue weighted by Crippen LogP contribution is -2.15. The molecular weight excluding hydrogens is 314 g/mol. The van der Waals surface area contributed by atoms with Crippen molar-refractivity contribution < 1.29 is 4.79 Å². The standard InChI is InChI=1S/C17H18BrNO/c1-4-13-10-14(18)8-9-16(13)19-17(20)15-7-5-6-11(2)12(15)3/h5-10H,4H2,1-3H3,(H,19,20). The molecular formula is C17H18BrNO. The van der Waals surface area contributed by atoms with Crippen LogP contribution in [-0.4, -0.2) is 5.91 Å². The average molecular weight is 332 g/mol. The number of nitrogens with one attached hydrogen (secondary N) is 1. The molecule has 0 aromatic heterocycles. The molecule has 20 heavy (non-hydrogen) atoms. The van der Waals surface area contributed by atoms with Gasteiger partial charge in [0.1, 0.15) is 0 Å². The van der Waals surface area contributed by atoms with E-state index in [0.717, 1.165) is 38.8 Å². The molecule has 0 heterocycles. The van der Waals surface area contributed by atoms with Crippen molar-refractivity contribution in [1.29, 1.82) is 0 Å². The van der Waals surface area contributed by atoms with Crippen LogP contribution in [0.2, 0.25) is 0 Å². The van der Waals surface area contributed by atoms with Crippen LogP contribution in [-0.2, 0) is 6.42 Å². The first kappa shape index (κ1) is 14.8. The lowest BCUT2D eigenvalue weighted by molar-refractivity contribution is 0.102. The monoisotopic (exact) mass is 331 g/mol. The fourth-order valence-corrected chi connectivity index (χ4v) is 2.57. The summed E-state index contributed by atoms with van der Waals surface area (Å²) in [6.45, 7) is 6.07. The molecule has 1 amide bonds. The largest absolute Gasteiger partial charge is 0.322 e. The molecule has 0 atom stereocenters. The Morgan fingerprint density at radius 3 is 2.65 bits per heavy atom. The summed E-state index contributed by atoms with van der Waals surface area (Å²) in [5, 5.41) is 3.01. The molecule has 0 aliphatic rings. The summed E-state index contributed by atoms with van der Waals surface area (Å²) in [5.74, 6) is -0.0526. The molecule has 0 unspecified atom stereocenters. The van der Waals surface area contributed by atoms with E-state index < -0.39 is 0 Å². The molecule has 0 aliphatic heterocycles. The Morgan fingerprint density at radius 2 is 1.95 bits per heavy atom. The molecule has 104 valence electrons. The van der Waals surface area contributed by atoms with Crippen molar-refractivity contribution >= 4 is 27.5 Å². The van der Waals surface area contributed by atoms with Gasteiger partial charge >= 0.3 is 0 Å². The van der Waals surface area contributed by atoms with Gasteiger partial charge in [0.15, 0.2) is 0 Å². The highest BCUT2D eigenvalue weighted by atomic mass is 79.9. The third kappa shape index (κ3) is 3.10. The van der Waals surface area contributed by atoms with Gasteiger partial charge in [0.2, 0.25) is 0 Å². The van der Waals surface area contributed by atoms with Gasteiger partial charge in [-0.1, -0.05) is 35.0 Å². The highest BCUT2D eigenvalue weighted by Gasteiger charge is 2.12. The Balaban J connectivity index is 2.30. The van der Waals surface area contributed by atoms with Crippen molar-refractivity contribution in [3.63, 3.8) is 0 Å². The molecule has 2 aromatic carbocycles. The van der Waals surface area contributed by atoms with Gasteiger partial charge in [-0.05, 0) is 61.2 Å². The number of benzene rings is 2. The molecule has 2 rings (SSSR count). The summed E-state index contributed by atoms with van der Waals surface area (Å²) in [6.07, 6.45) is 0.877. The van der Waals surface area contributed by atoms with Crippen molar-refractivity contribution in [2.45, 2.75) is 27.2 Å². The van der Waals surface area contributed by atoms with Crippen LogP contribution in [0.3, 0.4) is 0 Å². The summed E-state index contributed by atoms with van der Waals surface area (Å²) in [7, 11) is 0. The minimum atomic E-state index is -0.0526. The molecule has 1 N–H and O–H groups in total. The molecule has 3 heteroatoms. The van der Waals surface area contributed by atoms with Gasteiger partial charge in [0.25, 0.3) is 5.91 Å². The maximum absolute atomic E-state index is 12.4. The maximum atomic E-state index is 12.4. The summed E-state index contributed by atoms with van der Waals surface area (Å²) in [4.78, 5) is 12.4. The van der Waals surface area contributed by atoms with Gasteiger partial charge in [-0.3, -0.25) is 4.79 Å². The number of aryl methyl sites for hydroxylation is 2. The molecule has 2 aromatic rings. The minimum Gasteiger partial charge on any atom is -0.322 e. The number of rotatable bonds is 3. The highest BCUT2D eigenvalue weighted by molar-refractivity contribution is 9.10. The van der Waals surface area contributed by atoms with Crippen molar-refractivity contribution in [2.24, 2.45) is 0 Å². The van der Waals surface area contributed by atoms with E-state index in [1.54, 1.807) is 0 Å². The second kappa shape index (κ2) is 6.23. The summed E-state index contributed by atoms with van der Waals surface area (Å²) in [6, 6.07) is 11.7. The van der Waals surface area contributed by atoms with Crippen LogP contribution in [0.15, 0.2) is 40.9 Å².